The van der Waals surface area contributed by atoms with Gasteiger partial charge in [0.05, 0.1) is 0 Å². The van der Waals surface area contributed by atoms with Crippen molar-refractivity contribution in [2.45, 2.75) is 137 Å². The summed E-state index contributed by atoms with van der Waals surface area (Å²) in [6.45, 7) is 9.40. The summed E-state index contributed by atoms with van der Waals surface area (Å²) >= 11 is 0. The van der Waals surface area contributed by atoms with Gasteiger partial charge in [-0.25, -0.2) is 0 Å². The normalized spacial score (nSPS) is 12.9. The maximum absolute atomic E-state index is 2.43. The summed E-state index contributed by atoms with van der Waals surface area (Å²) < 4.78 is 0. The van der Waals surface area contributed by atoms with Gasteiger partial charge >= 0.3 is 0 Å². The van der Waals surface area contributed by atoms with Crippen molar-refractivity contribution < 1.29 is 0 Å². The van der Waals surface area contributed by atoms with Gasteiger partial charge in [-0.05, 0) is 18.3 Å². The molecule has 0 saturated heterocycles. The van der Waals surface area contributed by atoms with Crippen molar-refractivity contribution in [3.8, 4) is 0 Å². The summed E-state index contributed by atoms with van der Waals surface area (Å²) in [5, 5.41) is 0. The molecule has 1 unspecified atom stereocenters. The van der Waals surface area contributed by atoms with Crippen LogP contribution in [0.2, 0.25) is 0 Å². The minimum absolute atomic E-state index is 1.01. The van der Waals surface area contributed by atoms with Gasteiger partial charge in [0, 0.05) is 0 Å². The van der Waals surface area contributed by atoms with Crippen LogP contribution in [0.15, 0.2) is 0 Å². The maximum atomic E-state index is 2.43. The minimum atomic E-state index is 1.01. The second-order valence-electron chi connectivity index (χ2n) is 7.92. The summed E-state index contributed by atoms with van der Waals surface area (Å²) in [6.07, 6.45) is 24.7. The largest absolute Gasteiger partial charge is 0.0654 e. The van der Waals surface area contributed by atoms with Crippen LogP contribution in [0.1, 0.15) is 137 Å². The molecule has 0 bridgehead atoms. The van der Waals surface area contributed by atoms with Crippen LogP contribution in [0.5, 0.6) is 0 Å². The SMILES string of the molecule is CCCCCCC(CC)CC(CCCCCC)CCCCCC. The van der Waals surface area contributed by atoms with Gasteiger partial charge in [0.15, 0.2) is 0 Å². The first-order valence-corrected chi connectivity index (χ1v) is 11.3. The summed E-state index contributed by atoms with van der Waals surface area (Å²) in [4.78, 5) is 0. The van der Waals surface area contributed by atoms with E-state index in [0.717, 1.165) is 11.8 Å². The zero-order valence-electron chi connectivity index (χ0n) is 17.2. The Kier molecular flexibility index (Phi) is 18.3. The third-order valence-corrected chi connectivity index (χ3v) is 5.64. The van der Waals surface area contributed by atoms with E-state index in [0.29, 0.717) is 0 Å². The van der Waals surface area contributed by atoms with Crippen molar-refractivity contribution in [3.05, 3.63) is 0 Å². The molecule has 0 aromatic rings. The highest BCUT2D eigenvalue weighted by atomic mass is 14.2. The second kappa shape index (κ2) is 18.3. The topological polar surface area (TPSA) is 0 Å². The molecule has 0 spiro atoms. The summed E-state index contributed by atoms with van der Waals surface area (Å²) in [5.41, 5.74) is 0. The van der Waals surface area contributed by atoms with Crippen molar-refractivity contribution >= 4 is 0 Å². The maximum Gasteiger partial charge on any atom is -0.0412 e. The Labute approximate surface area is 149 Å². The lowest BCUT2D eigenvalue weighted by Crippen LogP contribution is -2.09. The van der Waals surface area contributed by atoms with Crippen LogP contribution < -0.4 is 0 Å². The Morgan fingerprint density at radius 3 is 1.17 bits per heavy atom. The zero-order valence-corrected chi connectivity index (χ0v) is 17.2. The standard InChI is InChI=1S/C23H48/c1-5-9-12-15-18-22(8-4)21-23(19-16-13-10-6-2)20-17-14-11-7-3/h22-23H,5-21H2,1-4H3. The highest BCUT2D eigenvalue weighted by Crippen LogP contribution is 2.29. The lowest BCUT2D eigenvalue weighted by atomic mass is 9.83. The fraction of sp³-hybridized carbons (Fsp3) is 1.00. The fourth-order valence-corrected chi connectivity index (χ4v) is 3.92. The van der Waals surface area contributed by atoms with E-state index in [-0.39, 0.29) is 0 Å². The molecule has 0 heteroatoms. The molecule has 23 heavy (non-hydrogen) atoms. The molecule has 0 nitrogen and oxygen atoms in total. The van der Waals surface area contributed by atoms with Crippen molar-refractivity contribution in [1.29, 1.82) is 0 Å². The molecule has 0 saturated carbocycles. The lowest BCUT2D eigenvalue weighted by Gasteiger charge is -2.23. The molecule has 140 valence electrons. The van der Waals surface area contributed by atoms with Gasteiger partial charge in [0.2, 0.25) is 0 Å². The van der Waals surface area contributed by atoms with Crippen LogP contribution in [0, 0.1) is 11.8 Å². The Bertz CT molecular complexity index is 196. The lowest BCUT2D eigenvalue weighted by molar-refractivity contribution is 0.294. The minimum Gasteiger partial charge on any atom is -0.0654 e. The van der Waals surface area contributed by atoms with E-state index >= 15 is 0 Å². The molecule has 0 amide bonds. The Balaban J connectivity index is 4.09. The predicted molar refractivity (Wildman–Crippen MR) is 108 cm³/mol. The number of hydrogen-bond acceptors (Lipinski definition) is 0. The van der Waals surface area contributed by atoms with Gasteiger partial charge in [0.1, 0.15) is 0 Å². The van der Waals surface area contributed by atoms with Gasteiger partial charge < -0.3 is 0 Å². The monoisotopic (exact) mass is 324 g/mol. The molecule has 0 aromatic carbocycles. The summed E-state index contributed by atoms with van der Waals surface area (Å²) in [6, 6.07) is 0. The predicted octanol–water partition coefficient (Wildman–Crippen LogP) is 8.93. The average molecular weight is 325 g/mol. The highest BCUT2D eigenvalue weighted by Gasteiger charge is 2.15. The summed E-state index contributed by atoms with van der Waals surface area (Å²) in [7, 11) is 0. The summed E-state index contributed by atoms with van der Waals surface area (Å²) in [5.74, 6) is 2.04. The molecule has 0 fully saturated rings. The van der Waals surface area contributed by atoms with Crippen molar-refractivity contribution in [3.63, 3.8) is 0 Å². The molecule has 0 N–H and O–H groups in total. The van der Waals surface area contributed by atoms with E-state index in [1.165, 1.54) is 109 Å². The van der Waals surface area contributed by atoms with Gasteiger partial charge in [-0.3, -0.25) is 0 Å². The van der Waals surface area contributed by atoms with Crippen LogP contribution in [-0.2, 0) is 0 Å². The van der Waals surface area contributed by atoms with E-state index in [4.69, 9.17) is 0 Å². The number of hydrogen-bond donors (Lipinski definition) is 0. The third-order valence-electron chi connectivity index (χ3n) is 5.64. The van der Waals surface area contributed by atoms with Crippen LogP contribution >= 0.6 is 0 Å². The van der Waals surface area contributed by atoms with E-state index in [1.807, 2.05) is 0 Å². The molecule has 0 radical (unpaired) electrons. The van der Waals surface area contributed by atoms with Gasteiger partial charge in [-0.2, -0.15) is 0 Å². The Morgan fingerprint density at radius 1 is 0.435 bits per heavy atom. The molecule has 0 aliphatic heterocycles. The molecule has 0 aliphatic rings. The quantitative estimate of drug-likeness (QED) is 0.221. The van der Waals surface area contributed by atoms with Crippen LogP contribution in [0.3, 0.4) is 0 Å². The Morgan fingerprint density at radius 2 is 0.826 bits per heavy atom. The molecule has 0 aliphatic carbocycles. The molecular formula is C23H48. The van der Waals surface area contributed by atoms with E-state index in [9.17, 15) is 0 Å². The molecule has 0 rings (SSSR count). The van der Waals surface area contributed by atoms with E-state index in [1.54, 1.807) is 0 Å². The molecule has 1 atom stereocenters. The van der Waals surface area contributed by atoms with Crippen LogP contribution in [0.25, 0.3) is 0 Å². The smallest absolute Gasteiger partial charge is 0.0412 e. The van der Waals surface area contributed by atoms with Crippen molar-refractivity contribution in [2.24, 2.45) is 11.8 Å². The number of unbranched alkanes of at least 4 members (excludes halogenated alkanes) is 9. The van der Waals surface area contributed by atoms with Crippen LogP contribution in [-0.4, -0.2) is 0 Å². The highest BCUT2D eigenvalue weighted by molar-refractivity contribution is 4.67. The van der Waals surface area contributed by atoms with Gasteiger partial charge in [-0.15, -0.1) is 0 Å². The van der Waals surface area contributed by atoms with Gasteiger partial charge in [-0.1, -0.05) is 130 Å². The van der Waals surface area contributed by atoms with Crippen molar-refractivity contribution in [1.82, 2.24) is 0 Å². The third kappa shape index (κ3) is 15.3. The van der Waals surface area contributed by atoms with E-state index in [2.05, 4.69) is 27.7 Å². The molecular weight excluding hydrogens is 276 g/mol. The first kappa shape index (κ1) is 23.0. The van der Waals surface area contributed by atoms with Crippen molar-refractivity contribution in [2.75, 3.05) is 0 Å². The van der Waals surface area contributed by atoms with Crippen LogP contribution in [0.4, 0.5) is 0 Å². The second-order valence-corrected chi connectivity index (χ2v) is 7.92. The average Bonchev–Trinajstić information content (AvgIpc) is 2.57. The first-order chi connectivity index (χ1) is 11.3. The fourth-order valence-electron chi connectivity index (χ4n) is 3.92. The van der Waals surface area contributed by atoms with Gasteiger partial charge in [0.25, 0.3) is 0 Å². The first-order valence-electron chi connectivity index (χ1n) is 11.3. The number of rotatable bonds is 18. The van der Waals surface area contributed by atoms with E-state index < -0.39 is 0 Å². The Hall–Kier alpha value is 0. The zero-order chi connectivity index (χ0) is 17.2. The molecule has 0 aromatic heterocycles. The molecule has 0 heterocycles.